The largest absolute Gasteiger partial charge is 0.430 e. The molecule has 1 atom stereocenters. The third kappa shape index (κ3) is 3.55. The molecule has 1 saturated carbocycles. The van der Waals surface area contributed by atoms with Gasteiger partial charge in [-0.05, 0) is 42.0 Å². The Morgan fingerprint density at radius 1 is 1.19 bits per heavy atom. The summed E-state index contributed by atoms with van der Waals surface area (Å²) in [6.45, 7) is -0.216. The fourth-order valence-corrected chi connectivity index (χ4v) is 2.67. The van der Waals surface area contributed by atoms with Crippen molar-refractivity contribution in [2.45, 2.75) is 37.1 Å². The Hall–Kier alpha value is -2.48. The smallest absolute Gasteiger partial charge is 0.369 e. The fourth-order valence-electron chi connectivity index (χ4n) is 2.67. The van der Waals surface area contributed by atoms with E-state index in [0.29, 0.717) is 11.5 Å². The lowest BCUT2D eigenvalue weighted by molar-refractivity contribution is -0.257. The number of aromatic nitrogens is 1. The molecule has 0 radical (unpaired) electrons. The maximum Gasteiger partial charge on any atom is 0.430 e. The van der Waals surface area contributed by atoms with E-state index in [9.17, 15) is 27.5 Å². The highest BCUT2D eigenvalue weighted by Crippen LogP contribution is 2.40. The molecule has 0 aliphatic heterocycles. The highest BCUT2D eigenvalue weighted by Gasteiger charge is 2.60. The van der Waals surface area contributed by atoms with E-state index >= 15 is 0 Å². The highest BCUT2D eigenvalue weighted by atomic mass is 19.4. The van der Waals surface area contributed by atoms with Gasteiger partial charge in [-0.1, -0.05) is 18.2 Å². The molecular weight excluding hydrogens is 352 g/mol. The molecule has 1 unspecified atom stereocenters. The number of pyridine rings is 1. The molecule has 138 valence electrons. The highest BCUT2D eigenvalue weighted by molar-refractivity contribution is 5.87. The van der Waals surface area contributed by atoms with Crippen LogP contribution in [0.2, 0.25) is 0 Å². The summed E-state index contributed by atoms with van der Waals surface area (Å²) in [6.07, 6.45) is -0.0704. The van der Waals surface area contributed by atoms with E-state index in [4.69, 9.17) is 0 Å². The summed E-state index contributed by atoms with van der Waals surface area (Å²) in [5.41, 5.74) is -3.02. The van der Waals surface area contributed by atoms with Crippen LogP contribution in [0.1, 0.15) is 35.4 Å². The van der Waals surface area contributed by atoms with Crippen molar-refractivity contribution in [2.75, 3.05) is 0 Å². The van der Waals surface area contributed by atoms with Crippen molar-refractivity contribution >= 4 is 5.91 Å². The molecule has 0 spiro atoms. The number of hydrogen-bond donors (Lipinski definition) is 2. The number of hydrogen-bond acceptors (Lipinski definition) is 3. The molecule has 0 saturated heterocycles. The van der Waals surface area contributed by atoms with Gasteiger partial charge in [-0.25, -0.2) is 4.39 Å². The standard InChI is InChI=1S/C18H16F4N2O2/c19-15-5-3-14(4-6-15)17(26,18(20,21)22)16(25)24-9-11-7-13(10-23-8-11)12-1-2-12/h3-8,10,12,26H,1-2,9H2,(H,24,25). The third-order valence-electron chi connectivity index (χ3n) is 4.32. The number of benzene rings is 1. The second-order valence-electron chi connectivity index (χ2n) is 6.30. The zero-order valence-electron chi connectivity index (χ0n) is 13.6. The maximum atomic E-state index is 13.4. The lowest BCUT2D eigenvalue weighted by Crippen LogP contribution is -2.54. The van der Waals surface area contributed by atoms with Crippen LogP contribution in [0.25, 0.3) is 0 Å². The number of alkyl halides is 3. The second kappa shape index (κ2) is 6.68. The zero-order chi connectivity index (χ0) is 18.9. The minimum Gasteiger partial charge on any atom is -0.369 e. The van der Waals surface area contributed by atoms with E-state index in [1.807, 2.05) is 0 Å². The molecular formula is C18H16F4N2O2. The van der Waals surface area contributed by atoms with Gasteiger partial charge >= 0.3 is 6.18 Å². The minimum atomic E-state index is -5.27. The van der Waals surface area contributed by atoms with Crippen molar-refractivity contribution in [3.8, 4) is 0 Å². The summed E-state index contributed by atoms with van der Waals surface area (Å²) in [6, 6.07) is 4.75. The SMILES string of the molecule is O=C(NCc1cncc(C2CC2)c1)C(O)(c1ccc(F)cc1)C(F)(F)F. The topological polar surface area (TPSA) is 62.2 Å². The molecule has 1 amide bonds. The molecule has 1 fully saturated rings. The van der Waals surface area contributed by atoms with E-state index < -0.39 is 29.1 Å². The van der Waals surface area contributed by atoms with Gasteiger partial charge in [0.05, 0.1) is 0 Å². The summed E-state index contributed by atoms with van der Waals surface area (Å²) in [4.78, 5) is 16.2. The molecule has 4 nitrogen and oxygen atoms in total. The summed E-state index contributed by atoms with van der Waals surface area (Å²) >= 11 is 0. The van der Waals surface area contributed by atoms with Gasteiger partial charge in [0.1, 0.15) is 5.82 Å². The van der Waals surface area contributed by atoms with Crippen LogP contribution >= 0.6 is 0 Å². The Morgan fingerprint density at radius 3 is 2.42 bits per heavy atom. The monoisotopic (exact) mass is 368 g/mol. The van der Waals surface area contributed by atoms with Gasteiger partial charge in [-0.2, -0.15) is 13.2 Å². The van der Waals surface area contributed by atoms with Gasteiger partial charge in [0.25, 0.3) is 11.5 Å². The van der Waals surface area contributed by atoms with Gasteiger partial charge in [-0.3, -0.25) is 9.78 Å². The molecule has 0 bridgehead atoms. The normalized spacial score (nSPS) is 16.8. The van der Waals surface area contributed by atoms with Crippen molar-refractivity contribution in [1.29, 1.82) is 0 Å². The number of carbonyl (C=O) groups excluding carboxylic acids is 1. The summed E-state index contributed by atoms with van der Waals surface area (Å²) in [5, 5.41) is 12.2. The van der Waals surface area contributed by atoms with E-state index in [1.165, 1.54) is 6.20 Å². The van der Waals surface area contributed by atoms with Crippen molar-refractivity contribution < 1.29 is 27.5 Å². The first-order valence-electron chi connectivity index (χ1n) is 7.99. The Bertz CT molecular complexity index is 804. The number of halogens is 4. The molecule has 2 aromatic rings. The van der Waals surface area contributed by atoms with Gasteiger partial charge < -0.3 is 10.4 Å². The first-order chi connectivity index (χ1) is 12.2. The van der Waals surface area contributed by atoms with Gasteiger partial charge in [-0.15, -0.1) is 0 Å². The minimum absolute atomic E-state index is 0.216. The number of rotatable bonds is 5. The van der Waals surface area contributed by atoms with Crippen LogP contribution in [-0.2, 0) is 16.9 Å². The summed E-state index contributed by atoms with van der Waals surface area (Å²) in [5.74, 6) is -2.00. The average molecular weight is 368 g/mol. The summed E-state index contributed by atoms with van der Waals surface area (Å²) < 4.78 is 53.3. The first-order valence-corrected chi connectivity index (χ1v) is 7.99. The Balaban J connectivity index is 1.80. The number of nitrogens with one attached hydrogen (secondary N) is 1. The number of amides is 1. The van der Waals surface area contributed by atoms with Gasteiger partial charge in [0, 0.05) is 24.5 Å². The third-order valence-corrected chi connectivity index (χ3v) is 4.32. The van der Waals surface area contributed by atoms with Crippen LogP contribution < -0.4 is 5.32 Å². The average Bonchev–Trinajstić information content (AvgIpc) is 3.44. The molecule has 8 heteroatoms. The maximum absolute atomic E-state index is 13.4. The molecule has 1 aromatic heterocycles. The zero-order valence-corrected chi connectivity index (χ0v) is 13.6. The number of nitrogens with zero attached hydrogens (tertiary/aromatic N) is 1. The fraction of sp³-hybridized carbons (Fsp3) is 0.333. The Morgan fingerprint density at radius 2 is 1.85 bits per heavy atom. The molecule has 1 heterocycles. The van der Waals surface area contributed by atoms with Crippen molar-refractivity contribution in [3.05, 3.63) is 65.2 Å². The van der Waals surface area contributed by atoms with E-state index in [-0.39, 0.29) is 6.54 Å². The molecule has 2 N–H and O–H groups in total. The molecule has 1 aliphatic rings. The van der Waals surface area contributed by atoms with Gasteiger partial charge in [0.2, 0.25) is 0 Å². The molecule has 1 aromatic carbocycles. The predicted octanol–water partition coefficient (Wildman–Crippen LogP) is 3.16. The van der Waals surface area contributed by atoms with Crippen LogP contribution in [0.15, 0.2) is 42.7 Å². The number of carbonyl (C=O) groups is 1. The summed E-state index contributed by atoms with van der Waals surface area (Å²) in [7, 11) is 0. The van der Waals surface area contributed by atoms with Crippen LogP contribution in [0, 0.1) is 5.82 Å². The van der Waals surface area contributed by atoms with Gasteiger partial charge in [0.15, 0.2) is 0 Å². The Kier molecular flexibility index (Phi) is 4.70. The van der Waals surface area contributed by atoms with Crippen LogP contribution in [0.3, 0.4) is 0 Å². The Labute approximate surface area is 146 Å². The van der Waals surface area contributed by atoms with E-state index in [0.717, 1.165) is 42.7 Å². The molecule has 3 rings (SSSR count). The quantitative estimate of drug-likeness (QED) is 0.797. The van der Waals surface area contributed by atoms with Crippen LogP contribution in [-0.4, -0.2) is 22.2 Å². The first kappa shape index (κ1) is 18.3. The molecule has 1 aliphatic carbocycles. The second-order valence-corrected chi connectivity index (χ2v) is 6.30. The van der Waals surface area contributed by atoms with Crippen molar-refractivity contribution in [3.63, 3.8) is 0 Å². The molecule has 26 heavy (non-hydrogen) atoms. The lowest BCUT2D eigenvalue weighted by atomic mass is 9.92. The predicted molar refractivity (Wildman–Crippen MR) is 84.4 cm³/mol. The van der Waals surface area contributed by atoms with Crippen LogP contribution in [0.5, 0.6) is 0 Å². The van der Waals surface area contributed by atoms with Crippen LogP contribution in [0.4, 0.5) is 17.6 Å². The van der Waals surface area contributed by atoms with E-state index in [2.05, 4.69) is 10.3 Å². The lowest BCUT2D eigenvalue weighted by Gasteiger charge is -2.29. The van der Waals surface area contributed by atoms with Crippen molar-refractivity contribution in [2.24, 2.45) is 0 Å². The number of aliphatic hydroxyl groups is 1. The van der Waals surface area contributed by atoms with Crippen molar-refractivity contribution in [1.82, 2.24) is 10.3 Å². The van der Waals surface area contributed by atoms with E-state index in [1.54, 1.807) is 12.3 Å².